The normalized spacial score (nSPS) is 14.2. The van der Waals surface area contributed by atoms with Crippen LogP contribution in [0, 0.1) is 0 Å². The molecule has 1 rings (SSSR count). The Labute approximate surface area is 114 Å². The second-order valence-electron chi connectivity index (χ2n) is 3.57. The SMILES string of the molecule is Nc1cccc(S(=O)(=O)C(F)(F)F)c1S(=O)(=O)C(F)(F)F. The fraction of sp³-hybridized carbons (Fsp3) is 0.250. The summed E-state index contributed by atoms with van der Waals surface area (Å²) in [6.45, 7) is 0. The average Bonchev–Trinajstić information content (AvgIpc) is 2.24. The lowest BCUT2D eigenvalue weighted by atomic mass is 10.3. The standard InChI is InChI=1S/C8H5F6NO4S2/c9-7(10,11)20(16,17)5-3-1-2-4(15)6(5)21(18,19)8(12,13)14/h1-3H,15H2. The van der Waals surface area contributed by atoms with E-state index in [2.05, 4.69) is 0 Å². The van der Waals surface area contributed by atoms with Crippen LogP contribution in [-0.2, 0) is 19.7 Å². The van der Waals surface area contributed by atoms with Gasteiger partial charge < -0.3 is 5.73 Å². The van der Waals surface area contributed by atoms with Gasteiger partial charge in [0.15, 0.2) is 0 Å². The first-order chi connectivity index (χ1) is 9.14. The Bertz CT molecular complexity index is 763. The number of hydrogen-bond donors (Lipinski definition) is 1. The van der Waals surface area contributed by atoms with E-state index in [-0.39, 0.29) is 6.07 Å². The summed E-state index contributed by atoms with van der Waals surface area (Å²) in [5, 5.41) is 0. The van der Waals surface area contributed by atoms with Gasteiger partial charge >= 0.3 is 11.0 Å². The van der Waals surface area contributed by atoms with E-state index in [1.807, 2.05) is 0 Å². The molecule has 0 spiro atoms. The van der Waals surface area contributed by atoms with E-state index in [0.29, 0.717) is 12.1 Å². The Hall–Kier alpha value is -1.50. The van der Waals surface area contributed by atoms with Gasteiger partial charge in [-0.15, -0.1) is 0 Å². The Kier molecular flexibility index (Phi) is 3.98. The number of nitrogens with two attached hydrogens (primary N) is 1. The first-order valence-electron chi connectivity index (χ1n) is 4.65. The van der Waals surface area contributed by atoms with Crippen molar-refractivity contribution in [2.24, 2.45) is 0 Å². The molecule has 0 aliphatic rings. The molecule has 0 bridgehead atoms. The van der Waals surface area contributed by atoms with Crippen LogP contribution in [0.25, 0.3) is 0 Å². The van der Waals surface area contributed by atoms with Crippen LogP contribution in [0.3, 0.4) is 0 Å². The monoisotopic (exact) mass is 357 g/mol. The van der Waals surface area contributed by atoms with Gasteiger partial charge in [0, 0.05) is 0 Å². The van der Waals surface area contributed by atoms with Gasteiger partial charge in [-0.2, -0.15) is 26.3 Å². The summed E-state index contributed by atoms with van der Waals surface area (Å²) in [5.41, 5.74) is -8.34. The van der Waals surface area contributed by atoms with Crippen LogP contribution in [-0.4, -0.2) is 27.9 Å². The van der Waals surface area contributed by atoms with Crippen molar-refractivity contribution in [2.45, 2.75) is 20.8 Å². The predicted octanol–water partition coefficient (Wildman–Crippen LogP) is 1.86. The summed E-state index contributed by atoms with van der Waals surface area (Å²) in [4.78, 5) is -4.22. The summed E-state index contributed by atoms with van der Waals surface area (Å²) in [7, 11) is -12.7. The van der Waals surface area contributed by atoms with Crippen molar-refractivity contribution in [1.29, 1.82) is 0 Å². The number of benzene rings is 1. The van der Waals surface area contributed by atoms with E-state index in [4.69, 9.17) is 5.73 Å². The highest BCUT2D eigenvalue weighted by molar-refractivity contribution is 7.95. The molecular weight excluding hydrogens is 352 g/mol. The van der Waals surface area contributed by atoms with E-state index < -0.39 is 46.2 Å². The molecule has 1 aromatic rings. The van der Waals surface area contributed by atoms with Gasteiger partial charge in [0.25, 0.3) is 19.7 Å². The quantitative estimate of drug-likeness (QED) is 0.644. The summed E-state index contributed by atoms with van der Waals surface area (Å²) in [5.74, 6) is 0. The molecular formula is C8H5F6NO4S2. The summed E-state index contributed by atoms with van der Waals surface area (Å²) < 4.78 is 119. The van der Waals surface area contributed by atoms with Gasteiger partial charge in [0.05, 0.1) is 10.6 Å². The number of halogens is 6. The zero-order valence-corrected chi connectivity index (χ0v) is 11.2. The van der Waals surface area contributed by atoms with Gasteiger partial charge in [-0.25, -0.2) is 16.8 Å². The largest absolute Gasteiger partial charge is 0.502 e. The smallest absolute Gasteiger partial charge is 0.398 e. The van der Waals surface area contributed by atoms with Gasteiger partial charge in [-0.3, -0.25) is 0 Å². The maximum absolute atomic E-state index is 12.4. The molecule has 0 radical (unpaired) electrons. The summed E-state index contributed by atoms with van der Waals surface area (Å²) in [6, 6.07) is 1.20. The molecule has 0 unspecified atom stereocenters. The minimum atomic E-state index is -6.39. The third kappa shape index (κ3) is 2.79. The Morgan fingerprint density at radius 3 is 1.62 bits per heavy atom. The lowest BCUT2D eigenvalue weighted by molar-refractivity contribution is -0.0456. The van der Waals surface area contributed by atoms with Gasteiger partial charge in [-0.1, -0.05) is 6.07 Å². The highest BCUT2D eigenvalue weighted by Gasteiger charge is 2.54. The van der Waals surface area contributed by atoms with Gasteiger partial charge in [0.2, 0.25) is 0 Å². The predicted molar refractivity (Wildman–Crippen MR) is 57.3 cm³/mol. The zero-order valence-electron chi connectivity index (χ0n) is 9.53. The van der Waals surface area contributed by atoms with E-state index in [1.165, 1.54) is 0 Å². The minimum absolute atomic E-state index is 0.0812. The molecule has 0 saturated carbocycles. The molecule has 120 valence electrons. The maximum Gasteiger partial charge on any atom is 0.502 e. The van der Waals surface area contributed by atoms with Crippen LogP contribution in [0.5, 0.6) is 0 Å². The van der Waals surface area contributed by atoms with Gasteiger partial charge in [0.1, 0.15) is 4.90 Å². The van der Waals surface area contributed by atoms with Crippen molar-refractivity contribution >= 4 is 25.4 Å². The second-order valence-corrected chi connectivity index (χ2v) is 7.36. The van der Waals surface area contributed by atoms with Crippen LogP contribution in [0.15, 0.2) is 28.0 Å². The van der Waals surface area contributed by atoms with Gasteiger partial charge in [-0.05, 0) is 12.1 Å². The van der Waals surface area contributed by atoms with E-state index in [1.54, 1.807) is 0 Å². The van der Waals surface area contributed by atoms with Crippen molar-refractivity contribution in [3.8, 4) is 0 Å². The number of hydrogen-bond acceptors (Lipinski definition) is 5. The first kappa shape index (κ1) is 17.6. The Balaban J connectivity index is 3.90. The number of anilines is 1. The fourth-order valence-electron chi connectivity index (χ4n) is 1.27. The van der Waals surface area contributed by atoms with Crippen LogP contribution in [0.2, 0.25) is 0 Å². The highest BCUT2D eigenvalue weighted by atomic mass is 32.2. The molecule has 0 heterocycles. The van der Waals surface area contributed by atoms with Crippen LogP contribution in [0.4, 0.5) is 32.0 Å². The van der Waals surface area contributed by atoms with Crippen LogP contribution in [0.1, 0.15) is 0 Å². The zero-order chi connectivity index (χ0) is 16.9. The minimum Gasteiger partial charge on any atom is -0.398 e. The Morgan fingerprint density at radius 1 is 0.810 bits per heavy atom. The fourth-order valence-corrected chi connectivity index (χ4v) is 3.74. The van der Waals surface area contributed by atoms with E-state index >= 15 is 0 Å². The number of rotatable bonds is 2. The molecule has 21 heavy (non-hydrogen) atoms. The van der Waals surface area contributed by atoms with Crippen molar-refractivity contribution in [2.75, 3.05) is 5.73 Å². The van der Waals surface area contributed by atoms with Crippen molar-refractivity contribution < 1.29 is 43.2 Å². The molecule has 0 aliphatic heterocycles. The average molecular weight is 357 g/mol. The van der Waals surface area contributed by atoms with E-state index in [0.717, 1.165) is 0 Å². The molecule has 5 nitrogen and oxygen atoms in total. The molecule has 0 fully saturated rings. The van der Waals surface area contributed by atoms with Crippen molar-refractivity contribution in [1.82, 2.24) is 0 Å². The van der Waals surface area contributed by atoms with Crippen LogP contribution >= 0.6 is 0 Å². The molecule has 0 aromatic heterocycles. The van der Waals surface area contributed by atoms with Crippen molar-refractivity contribution in [3.63, 3.8) is 0 Å². The highest BCUT2D eigenvalue weighted by Crippen LogP contribution is 2.41. The number of nitrogen functional groups attached to an aromatic ring is 1. The lowest BCUT2D eigenvalue weighted by Gasteiger charge is -2.16. The third-order valence-electron chi connectivity index (χ3n) is 2.18. The number of alkyl halides is 6. The molecule has 0 amide bonds. The molecule has 0 aliphatic carbocycles. The second kappa shape index (κ2) is 4.76. The van der Waals surface area contributed by atoms with E-state index in [9.17, 15) is 43.2 Å². The lowest BCUT2D eigenvalue weighted by Crippen LogP contribution is -2.30. The Morgan fingerprint density at radius 2 is 1.24 bits per heavy atom. The topological polar surface area (TPSA) is 94.3 Å². The molecule has 2 N–H and O–H groups in total. The molecule has 0 atom stereocenters. The number of sulfone groups is 2. The third-order valence-corrected chi connectivity index (χ3v) is 5.44. The molecule has 13 heteroatoms. The first-order valence-corrected chi connectivity index (χ1v) is 7.62. The summed E-state index contributed by atoms with van der Waals surface area (Å²) >= 11 is 0. The summed E-state index contributed by atoms with van der Waals surface area (Å²) in [6.07, 6.45) is 0. The maximum atomic E-state index is 12.4. The molecule has 1 aromatic carbocycles. The van der Waals surface area contributed by atoms with Crippen LogP contribution < -0.4 is 5.73 Å². The van der Waals surface area contributed by atoms with Crippen molar-refractivity contribution in [3.05, 3.63) is 18.2 Å². The molecule has 0 saturated heterocycles.